The molecule has 0 saturated heterocycles. The van der Waals surface area contributed by atoms with E-state index in [4.69, 9.17) is 0 Å². The maximum Gasteiger partial charge on any atom is 0.136 e. The van der Waals surface area contributed by atoms with E-state index in [1.807, 2.05) is 13.0 Å². The zero-order valence-electron chi connectivity index (χ0n) is 18.9. The molecule has 6 atom stereocenters. The number of hydrogen-bond donors (Lipinski definition) is 2. The molecule has 1 unspecified atom stereocenters. The summed E-state index contributed by atoms with van der Waals surface area (Å²) in [5.41, 5.74) is 2.01. The first-order chi connectivity index (χ1) is 12.2. The fourth-order valence-corrected chi connectivity index (χ4v) is 5.49. The molecule has 0 bridgehead atoms. The summed E-state index contributed by atoms with van der Waals surface area (Å²) in [6.07, 6.45) is 9.12. The van der Waals surface area contributed by atoms with Crippen molar-refractivity contribution in [2.24, 2.45) is 23.2 Å². The minimum absolute atomic E-state index is 0. The Labute approximate surface area is 253 Å². The number of ketones is 1. The average Bonchev–Trinajstić information content (AvgIpc) is 2.97. The van der Waals surface area contributed by atoms with Gasteiger partial charge in [0.25, 0.3) is 0 Å². The summed E-state index contributed by atoms with van der Waals surface area (Å²) in [6.45, 7) is 12.6. The maximum atomic E-state index is 11.9. The predicted octanol–water partition coefficient (Wildman–Crippen LogP) is 4.82. The van der Waals surface area contributed by atoms with E-state index in [9.17, 15) is 15.0 Å². The first-order valence-corrected chi connectivity index (χ1v) is 10.5. The van der Waals surface area contributed by atoms with Crippen molar-refractivity contribution in [3.8, 4) is 0 Å². The van der Waals surface area contributed by atoms with Gasteiger partial charge in [0.1, 0.15) is 5.78 Å². The molecule has 3 rings (SSSR count). The molecule has 0 amide bonds. The van der Waals surface area contributed by atoms with Crippen molar-refractivity contribution in [2.75, 3.05) is 0 Å². The smallest absolute Gasteiger partial charge is 0.136 e. The van der Waals surface area contributed by atoms with Crippen molar-refractivity contribution in [3.05, 3.63) is 23.8 Å². The summed E-state index contributed by atoms with van der Waals surface area (Å²) < 4.78 is 0. The number of rotatable bonds is 2. The van der Waals surface area contributed by atoms with E-state index in [1.165, 1.54) is 25.7 Å². The Hall–Kier alpha value is 2.38. The standard InChI is InChI=1S/C14H24O.C9H14O2.3Y/c1-4-10(2)11-7-8-12-13(15)6-5-9-14(11,12)3;1-3-7-4-8(10)6(2)9(11)5-7;;;/h10-12H,4-9H2,1-3H3;3,8-11H,2,4-5H2,1H3;;;/t10-,11?,12+,14-;8-,9-;;;/m11.../s1. The van der Waals surface area contributed by atoms with Crippen LogP contribution in [0.15, 0.2) is 23.8 Å². The largest absolute Gasteiger partial charge is 0.388 e. The number of aliphatic hydroxyl groups excluding tert-OH is 2. The van der Waals surface area contributed by atoms with Gasteiger partial charge in [-0.1, -0.05) is 45.4 Å². The average molecular weight is 629 g/mol. The summed E-state index contributed by atoms with van der Waals surface area (Å²) in [6, 6.07) is 0. The van der Waals surface area contributed by atoms with E-state index in [1.54, 1.807) is 0 Å². The first kappa shape index (κ1) is 33.6. The first-order valence-electron chi connectivity index (χ1n) is 10.5. The van der Waals surface area contributed by atoms with Gasteiger partial charge >= 0.3 is 0 Å². The van der Waals surface area contributed by atoms with Gasteiger partial charge in [-0.05, 0) is 68.3 Å². The van der Waals surface area contributed by atoms with Crippen LogP contribution in [0.25, 0.3) is 0 Å². The van der Waals surface area contributed by atoms with Gasteiger partial charge in [-0.3, -0.25) is 4.79 Å². The maximum absolute atomic E-state index is 11.9. The van der Waals surface area contributed by atoms with E-state index in [0.717, 1.165) is 30.3 Å². The number of hydrogen-bond acceptors (Lipinski definition) is 3. The molecule has 3 aliphatic carbocycles. The fraction of sp³-hybridized carbons (Fsp3) is 0.783. The molecule has 0 aromatic rings. The van der Waals surface area contributed by atoms with E-state index >= 15 is 0 Å². The monoisotopic (exact) mass is 629 g/mol. The van der Waals surface area contributed by atoms with Crippen molar-refractivity contribution in [1.29, 1.82) is 0 Å². The van der Waals surface area contributed by atoms with Gasteiger partial charge in [-0.15, -0.1) is 0 Å². The van der Waals surface area contributed by atoms with Gasteiger partial charge in [-0.2, -0.15) is 0 Å². The Morgan fingerprint density at radius 1 is 1.17 bits per heavy atom. The second-order valence-electron chi connectivity index (χ2n) is 8.91. The van der Waals surface area contributed by atoms with Crippen LogP contribution in [0, 0.1) is 23.2 Å². The van der Waals surface area contributed by atoms with Crippen molar-refractivity contribution in [3.63, 3.8) is 0 Å². The quantitative estimate of drug-likeness (QED) is 0.432. The summed E-state index contributed by atoms with van der Waals surface area (Å²) in [5, 5.41) is 18.7. The zero-order chi connectivity index (χ0) is 19.5. The Morgan fingerprint density at radius 3 is 2.21 bits per heavy atom. The normalized spacial score (nSPS) is 34.3. The SMILES string of the molecule is C=C1[C@H](O)CC(=CC)C[C@H]1O.CC[C@@H](C)C1CC[C@H]2C(=O)CCC[C@]12C.[Y].[Y].[Y]. The Bertz CT molecular complexity index is 548. The second kappa shape index (κ2) is 15.3. The molecule has 2 N–H and O–H groups in total. The Balaban J connectivity index is 0. The molecule has 29 heavy (non-hydrogen) atoms. The molecule has 3 aliphatic rings. The zero-order valence-corrected chi connectivity index (χ0v) is 27.4. The minimum Gasteiger partial charge on any atom is -0.388 e. The minimum atomic E-state index is -0.551. The van der Waals surface area contributed by atoms with Crippen molar-refractivity contribution >= 4 is 5.78 Å². The molecular formula is C23H38O3Y3. The summed E-state index contributed by atoms with van der Waals surface area (Å²) >= 11 is 0. The molecule has 0 spiro atoms. The van der Waals surface area contributed by atoms with Gasteiger partial charge in [0, 0.05) is 110 Å². The molecule has 3 fully saturated rings. The number of aliphatic hydroxyl groups is 2. The van der Waals surface area contributed by atoms with Crippen LogP contribution in [0.1, 0.15) is 79.1 Å². The molecule has 3 saturated carbocycles. The molecule has 0 aliphatic heterocycles. The van der Waals surface area contributed by atoms with Crippen molar-refractivity contribution in [2.45, 2.75) is 91.3 Å². The van der Waals surface area contributed by atoms with Gasteiger partial charge in [-0.25, -0.2) is 0 Å². The number of Topliss-reactive ketones (excluding diaryl/α,β-unsaturated/α-hetero) is 1. The van der Waals surface area contributed by atoms with E-state index in [0.29, 0.717) is 35.5 Å². The van der Waals surface area contributed by atoms with Crippen molar-refractivity contribution in [1.82, 2.24) is 0 Å². The number of carbonyl (C=O) groups excluding carboxylic acids is 1. The molecule has 0 aromatic heterocycles. The van der Waals surface area contributed by atoms with Gasteiger partial charge < -0.3 is 10.2 Å². The topological polar surface area (TPSA) is 57.5 Å². The molecular weight excluding hydrogens is 591 g/mol. The third-order valence-corrected chi connectivity index (χ3v) is 7.44. The predicted molar refractivity (Wildman–Crippen MR) is 107 cm³/mol. The van der Waals surface area contributed by atoms with Crippen LogP contribution in [0.2, 0.25) is 0 Å². The van der Waals surface area contributed by atoms with Crippen LogP contribution in [-0.4, -0.2) is 28.2 Å². The summed E-state index contributed by atoms with van der Waals surface area (Å²) in [7, 11) is 0. The third kappa shape index (κ3) is 8.28. The van der Waals surface area contributed by atoms with Crippen LogP contribution in [0.4, 0.5) is 0 Å². The molecule has 6 heteroatoms. The van der Waals surface area contributed by atoms with Gasteiger partial charge in [0.15, 0.2) is 0 Å². The van der Waals surface area contributed by atoms with Crippen molar-refractivity contribution < 1.29 is 113 Å². The van der Waals surface area contributed by atoms with E-state index < -0.39 is 12.2 Å². The molecule has 0 heterocycles. The van der Waals surface area contributed by atoms with E-state index in [-0.39, 0.29) is 98.1 Å². The Morgan fingerprint density at radius 2 is 1.72 bits per heavy atom. The van der Waals surface area contributed by atoms with Crippen LogP contribution in [0.5, 0.6) is 0 Å². The van der Waals surface area contributed by atoms with E-state index in [2.05, 4.69) is 27.4 Å². The molecule has 3 nitrogen and oxygen atoms in total. The second-order valence-corrected chi connectivity index (χ2v) is 8.91. The van der Waals surface area contributed by atoms with Crippen LogP contribution >= 0.6 is 0 Å². The fourth-order valence-electron chi connectivity index (χ4n) is 5.49. The molecule has 0 aromatic carbocycles. The number of carbonyl (C=O) groups is 1. The summed E-state index contributed by atoms with van der Waals surface area (Å²) in [4.78, 5) is 11.9. The third-order valence-electron chi connectivity index (χ3n) is 7.44. The van der Waals surface area contributed by atoms with Crippen LogP contribution in [0.3, 0.4) is 0 Å². The molecule has 3 radical (unpaired) electrons. The van der Waals surface area contributed by atoms with Gasteiger partial charge in [0.2, 0.25) is 0 Å². The Kier molecular flexibility index (Phi) is 17.7. The summed E-state index contributed by atoms with van der Waals surface area (Å²) in [5.74, 6) is 2.57. The van der Waals surface area contributed by atoms with Crippen LogP contribution in [-0.2, 0) is 103 Å². The molecule has 157 valence electrons. The number of fused-ring (bicyclic) bond motifs is 1. The van der Waals surface area contributed by atoms with Gasteiger partial charge in [0.05, 0.1) is 12.2 Å². The van der Waals surface area contributed by atoms with Crippen LogP contribution < -0.4 is 0 Å². The number of allylic oxidation sites excluding steroid dienone is 1.